The van der Waals surface area contributed by atoms with E-state index in [0.29, 0.717) is 11.7 Å². The minimum absolute atomic E-state index is 0.0509. The summed E-state index contributed by atoms with van der Waals surface area (Å²) in [6.45, 7) is 5.46. The second kappa shape index (κ2) is 6.51. The number of morpholine rings is 1. The van der Waals surface area contributed by atoms with Crippen molar-refractivity contribution in [2.75, 3.05) is 44.7 Å². The molecule has 1 aliphatic heterocycles. The van der Waals surface area contributed by atoms with Crippen molar-refractivity contribution < 1.29 is 9.53 Å². The number of rotatable bonds is 6. The van der Waals surface area contributed by atoms with Gasteiger partial charge in [0.15, 0.2) is 5.13 Å². The van der Waals surface area contributed by atoms with Crippen molar-refractivity contribution in [3.8, 4) is 0 Å². The summed E-state index contributed by atoms with van der Waals surface area (Å²) in [5.41, 5.74) is 0.524. The van der Waals surface area contributed by atoms with E-state index in [-0.39, 0.29) is 5.91 Å². The molecule has 110 valence electrons. The molecule has 0 spiro atoms. The van der Waals surface area contributed by atoms with Gasteiger partial charge in [0.25, 0.3) is 5.91 Å². The number of thiazole rings is 1. The standard InChI is InChI=1S/C13H20N4O2S/c18-12(15-10-1-2-10)11-9-20-13(16-11)14-3-4-17-5-7-19-8-6-17/h9-10H,1-8H2,(H,14,16)(H,15,18). The second-order valence-electron chi connectivity index (χ2n) is 5.17. The highest BCUT2D eigenvalue weighted by molar-refractivity contribution is 7.13. The minimum Gasteiger partial charge on any atom is -0.379 e. The van der Waals surface area contributed by atoms with Crippen LogP contribution in [0.1, 0.15) is 23.3 Å². The lowest BCUT2D eigenvalue weighted by Crippen LogP contribution is -2.39. The highest BCUT2D eigenvalue weighted by Crippen LogP contribution is 2.20. The number of hydrogen-bond acceptors (Lipinski definition) is 6. The van der Waals surface area contributed by atoms with E-state index in [0.717, 1.165) is 57.4 Å². The highest BCUT2D eigenvalue weighted by atomic mass is 32.1. The van der Waals surface area contributed by atoms with Gasteiger partial charge in [-0.3, -0.25) is 9.69 Å². The third kappa shape index (κ3) is 3.91. The first-order valence-corrected chi connectivity index (χ1v) is 7.99. The molecule has 1 aromatic heterocycles. The van der Waals surface area contributed by atoms with Crippen LogP contribution in [0.3, 0.4) is 0 Å². The van der Waals surface area contributed by atoms with Crippen molar-refractivity contribution >= 4 is 22.4 Å². The van der Waals surface area contributed by atoms with Gasteiger partial charge in [0.05, 0.1) is 13.2 Å². The Morgan fingerprint density at radius 1 is 1.45 bits per heavy atom. The molecule has 2 heterocycles. The molecule has 2 N–H and O–H groups in total. The van der Waals surface area contributed by atoms with Crippen molar-refractivity contribution in [2.45, 2.75) is 18.9 Å². The monoisotopic (exact) mass is 296 g/mol. The van der Waals surface area contributed by atoms with E-state index in [1.165, 1.54) is 11.3 Å². The van der Waals surface area contributed by atoms with E-state index in [1.807, 2.05) is 5.38 Å². The number of carbonyl (C=O) groups excluding carboxylic acids is 1. The van der Waals surface area contributed by atoms with Gasteiger partial charge in [-0.1, -0.05) is 0 Å². The summed E-state index contributed by atoms with van der Waals surface area (Å²) in [5.74, 6) is -0.0509. The van der Waals surface area contributed by atoms with Crippen LogP contribution in [0.5, 0.6) is 0 Å². The average Bonchev–Trinajstić information content (AvgIpc) is 3.15. The number of nitrogens with one attached hydrogen (secondary N) is 2. The van der Waals surface area contributed by atoms with Crippen LogP contribution in [0.2, 0.25) is 0 Å². The van der Waals surface area contributed by atoms with Gasteiger partial charge in [-0.2, -0.15) is 0 Å². The molecule has 7 heteroatoms. The van der Waals surface area contributed by atoms with Gasteiger partial charge < -0.3 is 15.4 Å². The fraction of sp³-hybridized carbons (Fsp3) is 0.692. The maximum Gasteiger partial charge on any atom is 0.271 e. The van der Waals surface area contributed by atoms with Crippen LogP contribution < -0.4 is 10.6 Å². The molecule has 0 radical (unpaired) electrons. The van der Waals surface area contributed by atoms with Crippen LogP contribution in [0.25, 0.3) is 0 Å². The van der Waals surface area contributed by atoms with Crippen LogP contribution in [0, 0.1) is 0 Å². The molecular weight excluding hydrogens is 276 g/mol. The Balaban J connectivity index is 1.41. The number of amides is 1. The Morgan fingerprint density at radius 2 is 2.25 bits per heavy atom. The zero-order valence-corrected chi connectivity index (χ0v) is 12.2. The summed E-state index contributed by atoms with van der Waals surface area (Å²) in [5, 5.41) is 8.86. The number of anilines is 1. The van der Waals surface area contributed by atoms with E-state index < -0.39 is 0 Å². The van der Waals surface area contributed by atoms with Gasteiger partial charge in [-0.25, -0.2) is 4.98 Å². The molecule has 0 atom stereocenters. The van der Waals surface area contributed by atoms with E-state index in [2.05, 4.69) is 20.5 Å². The summed E-state index contributed by atoms with van der Waals surface area (Å²) in [7, 11) is 0. The number of aromatic nitrogens is 1. The van der Waals surface area contributed by atoms with Gasteiger partial charge in [0.2, 0.25) is 0 Å². The third-order valence-corrected chi connectivity index (χ3v) is 4.26. The number of nitrogens with zero attached hydrogens (tertiary/aromatic N) is 2. The van der Waals surface area contributed by atoms with E-state index in [9.17, 15) is 4.79 Å². The molecule has 1 saturated heterocycles. The quantitative estimate of drug-likeness (QED) is 0.812. The van der Waals surface area contributed by atoms with Crippen LogP contribution >= 0.6 is 11.3 Å². The smallest absolute Gasteiger partial charge is 0.271 e. The zero-order valence-electron chi connectivity index (χ0n) is 11.4. The summed E-state index contributed by atoms with van der Waals surface area (Å²) < 4.78 is 5.31. The lowest BCUT2D eigenvalue weighted by atomic mass is 10.4. The SMILES string of the molecule is O=C(NC1CC1)c1csc(NCCN2CCOCC2)n1. The summed E-state index contributed by atoms with van der Waals surface area (Å²) in [6, 6.07) is 0.377. The van der Waals surface area contributed by atoms with Crippen LogP contribution in [-0.4, -0.2) is 61.2 Å². The Labute approximate surface area is 122 Å². The van der Waals surface area contributed by atoms with Crippen molar-refractivity contribution in [3.63, 3.8) is 0 Å². The molecule has 0 unspecified atom stereocenters. The Kier molecular flexibility index (Phi) is 4.49. The van der Waals surface area contributed by atoms with Gasteiger partial charge in [0, 0.05) is 37.6 Å². The normalized spacial score (nSPS) is 19.8. The fourth-order valence-electron chi connectivity index (χ4n) is 2.09. The Hall–Kier alpha value is -1.18. The first kappa shape index (κ1) is 13.8. The van der Waals surface area contributed by atoms with Crippen molar-refractivity contribution in [2.24, 2.45) is 0 Å². The van der Waals surface area contributed by atoms with Crippen molar-refractivity contribution in [3.05, 3.63) is 11.1 Å². The van der Waals surface area contributed by atoms with Crippen molar-refractivity contribution in [1.29, 1.82) is 0 Å². The summed E-state index contributed by atoms with van der Waals surface area (Å²) in [6.07, 6.45) is 2.20. The maximum absolute atomic E-state index is 11.8. The van der Waals surface area contributed by atoms with Crippen LogP contribution in [0.4, 0.5) is 5.13 Å². The minimum atomic E-state index is -0.0509. The van der Waals surface area contributed by atoms with Gasteiger partial charge in [0.1, 0.15) is 5.69 Å². The first-order chi connectivity index (χ1) is 9.81. The van der Waals surface area contributed by atoms with Crippen molar-refractivity contribution in [1.82, 2.24) is 15.2 Å². The third-order valence-electron chi connectivity index (χ3n) is 3.46. The molecule has 3 rings (SSSR count). The molecular formula is C13H20N4O2S. The molecule has 2 fully saturated rings. The van der Waals surface area contributed by atoms with Gasteiger partial charge in [-0.15, -0.1) is 11.3 Å². The lowest BCUT2D eigenvalue weighted by Gasteiger charge is -2.26. The van der Waals surface area contributed by atoms with Gasteiger partial charge in [-0.05, 0) is 12.8 Å². The first-order valence-electron chi connectivity index (χ1n) is 7.11. The molecule has 1 saturated carbocycles. The largest absolute Gasteiger partial charge is 0.379 e. The highest BCUT2D eigenvalue weighted by Gasteiger charge is 2.24. The molecule has 0 aromatic carbocycles. The van der Waals surface area contributed by atoms with Gasteiger partial charge >= 0.3 is 0 Å². The van der Waals surface area contributed by atoms with E-state index in [4.69, 9.17) is 4.74 Å². The molecule has 1 amide bonds. The zero-order chi connectivity index (χ0) is 13.8. The maximum atomic E-state index is 11.8. The molecule has 2 aliphatic rings. The van der Waals surface area contributed by atoms with Crippen LogP contribution in [0.15, 0.2) is 5.38 Å². The predicted molar refractivity (Wildman–Crippen MR) is 78.4 cm³/mol. The van der Waals surface area contributed by atoms with E-state index in [1.54, 1.807) is 0 Å². The number of carbonyl (C=O) groups is 1. The molecule has 0 bridgehead atoms. The predicted octanol–water partition coefficient (Wildman–Crippen LogP) is 0.779. The molecule has 1 aromatic rings. The summed E-state index contributed by atoms with van der Waals surface area (Å²) >= 11 is 1.49. The molecule has 20 heavy (non-hydrogen) atoms. The van der Waals surface area contributed by atoms with Crippen LogP contribution in [-0.2, 0) is 4.74 Å². The van der Waals surface area contributed by atoms with E-state index >= 15 is 0 Å². The average molecular weight is 296 g/mol. The molecule has 6 nitrogen and oxygen atoms in total. The molecule has 1 aliphatic carbocycles. The fourth-order valence-corrected chi connectivity index (χ4v) is 2.81. The second-order valence-corrected chi connectivity index (χ2v) is 6.02. The number of ether oxygens (including phenoxy) is 1. The lowest BCUT2D eigenvalue weighted by molar-refractivity contribution is 0.0398. The number of hydrogen-bond donors (Lipinski definition) is 2. The summed E-state index contributed by atoms with van der Waals surface area (Å²) in [4.78, 5) is 18.5. The Morgan fingerprint density at radius 3 is 3.00 bits per heavy atom. The topological polar surface area (TPSA) is 66.5 Å². The Bertz CT molecular complexity index is 455.